The van der Waals surface area contributed by atoms with Crippen LogP contribution in [0.5, 0.6) is 0 Å². The second kappa shape index (κ2) is 10.7. The van der Waals surface area contributed by atoms with Crippen LogP contribution in [0.3, 0.4) is 0 Å². The van der Waals surface area contributed by atoms with Crippen LogP contribution < -0.4 is 5.56 Å². The van der Waals surface area contributed by atoms with E-state index >= 15 is 0 Å². The van der Waals surface area contributed by atoms with Crippen molar-refractivity contribution in [3.63, 3.8) is 0 Å². The van der Waals surface area contributed by atoms with Crippen molar-refractivity contribution in [2.75, 3.05) is 13.2 Å². The molecule has 0 amide bonds. The average Bonchev–Trinajstić information content (AvgIpc) is 2.83. The van der Waals surface area contributed by atoms with Gasteiger partial charge in [0.1, 0.15) is 6.61 Å². The lowest BCUT2D eigenvalue weighted by Crippen LogP contribution is -2.29. The summed E-state index contributed by atoms with van der Waals surface area (Å²) in [6.45, 7) is 0.552. The number of ether oxygens (including phenoxy) is 1. The molecule has 34 heavy (non-hydrogen) atoms. The third-order valence-corrected chi connectivity index (χ3v) is 6.26. The van der Waals surface area contributed by atoms with Gasteiger partial charge in [0.25, 0.3) is 5.56 Å². The number of hydrogen-bond acceptors (Lipinski definition) is 4. The van der Waals surface area contributed by atoms with E-state index in [1.54, 1.807) is 0 Å². The summed E-state index contributed by atoms with van der Waals surface area (Å²) < 4.78 is 35.2. The fraction of sp³-hybridized carbons (Fsp3) is 0.346. The van der Waals surface area contributed by atoms with Gasteiger partial charge >= 0.3 is 5.97 Å². The van der Waals surface area contributed by atoms with Gasteiger partial charge in [-0.05, 0) is 43.6 Å². The third kappa shape index (κ3) is 5.56. The fourth-order valence-electron chi connectivity index (χ4n) is 4.49. The van der Waals surface area contributed by atoms with Gasteiger partial charge in [0.15, 0.2) is 11.6 Å². The van der Waals surface area contributed by atoms with Gasteiger partial charge in [-0.1, -0.05) is 42.5 Å². The quantitative estimate of drug-likeness (QED) is 0.515. The summed E-state index contributed by atoms with van der Waals surface area (Å²) in [6.07, 6.45) is 3.51. The number of benzene rings is 2. The van der Waals surface area contributed by atoms with Crippen LogP contribution in [0.25, 0.3) is 22.4 Å². The summed E-state index contributed by atoms with van der Waals surface area (Å²) >= 11 is 0. The Morgan fingerprint density at radius 1 is 1.00 bits per heavy atom. The molecule has 1 aliphatic carbocycles. The van der Waals surface area contributed by atoms with E-state index < -0.39 is 17.6 Å². The van der Waals surface area contributed by atoms with Crippen molar-refractivity contribution >= 4 is 5.97 Å². The zero-order valence-corrected chi connectivity index (χ0v) is 18.6. The highest BCUT2D eigenvalue weighted by molar-refractivity contribution is 5.80. The molecule has 1 fully saturated rings. The molecule has 1 heterocycles. The predicted octanol–water partition coefficient (Wildman–Crippen LogP) is 4.76. The Morgan fingerprint density at radius 3 is 2.41 bits per heavy atom. The topological polar surface area (TPSA) is 81.4 Å². The molecule has 1 saturated carbocycles. The first-order valence-corrected chi connectivity index (χ1v) is 11.3. The zero-order chi connectivity index (χ0) is 24.1. The number of carboxylic acid groups (broad SMARTS) is 1. The third-order valence-electron chi connectivity index (χ3n) is 6.26. The van der Waals surface area contributed by atoms with E-state index in [-0.39, 0.29) is 29.2 Å². The largest absolute Gasteiger partial charge is 0.480 e. The molecule has 0 aliphatic heterocycles. The van der Waals surface area contributed by atoms with Crippen molar-refractivity contribution in [3.05, 3.63) is 76.6 Å². The molecule has 0 atom stereocenters. The van der Waals surface area contributed by atoms with Gasteiger partial charge in [-0.15, -0.1) is 0 Å². The van der Waals surface area contributed by atoms with Gasteiger partial charge in [-0.3, -0.25) is 4.79 Å². The molecule has 4 rings (SSSR count). The number of hydrogen-bond donors (Lipinski definition) is 1. The number of nitrogens with zero attached hydrogens (tertiary/aromatic N) is 2. The van der Waals surface area contributed by atoms with E-state index in [1.807, 2.05) is 30.3 Å². The molecule has 0 spiro atoms. The van der Waals surface area contributed by atoms with E-state index in [1.165, 1.54) is 22.9 Å². The van der Waals surface area contributed by atoms with Crippen molar-refractivity contribution in [1.29, 1.82) is 0 Å². The van der Waals surface area contributed by atoms with Crippen LogP contribution in [0.1, 0.15) is 25.7 Å². The molecule has 0 unspecified atom stereocenters. The number of aliphatic carboxylic acids is 1. The summed E-state index contributed by atoms with van der Waals surface area (Å²) in [6, 6.07) is 14.4. The van der Waals surface area contributed by atoms with E-state index in [0.717, 1.165) is 31.7 Å². The van der Waals surface area contributed by atoms with E-state index in [2.05, 4.69) is 5.10 Å². The molecule has 1 N–H and O–H groups in total. The van der Waals surface area contributed by atoms with Crippen LogP contribution in [0.15, 0.2) is 59.4 Å². The van der Waals surface area contributed by atoms with E-state index in [4.69, 9.17) is 9.84 Å². The van der Waals surface area contributed by atoms with Crippen LogP contribution in [0, 0.1) is 23.5 Å². The standard InChI is InChI=1S/C26H26F2N2O4/c27-22-8-4-7-20(25(22)28)21-13-23(31)30(29-26(21)19-5-2-1-3-6-19)14-17-9-11-18(12-10-17)15-34-16-24(32)33/h1-8,13,17-18H,9-12,14-16H2,(H,32,33). The van der Waals surface area contributed by atoms with Gasteiger partial charge in [-0.2, -0.15) is 5.10 Å². The first-order valence-electron chi connectivity index (χ1n) is 11.3. The monoisotopic (exact) mass is 468 g/mol. The molecule has 2 aromatic carbocycles. The summed E-state index contributed by atoms with van der Waals surface area (Å²) in [5.41, 5.74) is 1.00. The van der Waals surface area contributed by atoms with Crippen LogP contribution in [-0.4, -0.2) is 34.1 Å². The van der Waals surface area contributed by atoms with Crippen LogP contribution in [0.2, 0.25) is 0 Å². The van der Waals surface area contributed by atoms with E-state index in [9.17, 15) is 18.4 Å². The molecule has 6 nitrogen and oxygen atoms in total. The molecular formula is C26H26F2N2O4. The second-order valence-electron chi connectivity index (χ2n) is 8.69. The molecule has 3 aromatic rings. The van der Waals surface area contributed by atoms with Crippen molar-refractivity contribution in [1.82, 2.24) is 9.78 Å². The summed E-state index contributed by atoms with van der Waals surface area (Å²) in [5, 5.41) is 13.3. The summed E-state index contributed by atoms with van der Waals surface area (Å²) in [7, 11) is 0. The molecule has 0 saturated heterocycles. The van der Waals surface area contributed by atoms with Crippen molar-refractivity contribution in [2.45, 2.75) is 32.2 Å². The molecule has 0 radical (unpaired) electrons. The average molecular weight is 469 g/mol. The predicted molar refractivity (Wildman–Crippen MR) is 123 cm³/mol. The molecule has 178 valence electrons. The Labute approximate surface area is 195 Å². The first-order chi connectivity index (χ1) is 16.4. The van der Waals surface area contributed by atoms with Gasteiger partial charge in [-0.25, -0.2) is 18.3 Å². The Balaban J connectivity index is 1.57. The maximum Gasteiger partial charge on any atom is 0.329 e. The molecule has 1 aromatic heterocycles. The van der Waals surface area contributed by atoms with Gasteiger partial charge < -0.3 is 9.84 Å². The number of carbonyl (C=O) groups is 1. The number of aromatic nitrogens is 2. The lowest BCUT2D eigenvalue weighted by atomic mass is 9.82. The first kappa shape index (κ1) is 23.8. The van der Waals surface area contributed by atoms with Gasteiger partial charge in [0.2, 0.25) is 0 Å². The SMILES string of the molecule is O=C(O)COCC1CCC(Cn2nc(-c3ccccc3)c(-c3cccc(F)c3F)cc2=O)CC1. The summed E-state index contributed by atoms with van der Waals surface area (Å²) in [5.74, 6) is -2.43. The lowest BCUT2D eigenvalue weighted by Gasteiger charge is -2.28. The maximum atomic E-state index is 14.6. The fourth-order valence-corrected chi connectivity index (χ4v) is 4.49. The maximum absolute atomic E-state index is 14.6. The van der Waals surface area contributed by atoms with E-state index in [0.29, 0.717) is 30.3 Å². The van der Waals surface area contributed by atoms with Crippen LogP contribution in [0.4, 0.5) is 8.78 Å². The molecule has 0 bridgehead atoms. The highest BCUT2D eigenvalue weighted by Crippen LogP contribution is 2.33. The van der Waals surface area contributed by atoms with Crippen LogP contribution in [-0.2, 0) is 16.1 Å². The van der Waals surface area contributed by atoms with Gasteiger partial charge in [0, 0.05) is 29.3 Å². The van der Waals surface area contributed by atoms with Crippen molar-refractivity contribution < 1.29 is 23.4 Å². The minimum atomic E-state index is -1.01. The van der Waals surface area contributed by atoms with Crippen molar-refractivity contribution in [2.24, 2.45) is 11.8 Å². The number of carboxylic acids is 1. The number of rotatable bonds is 8. The Kier molecular flexibility index (Phi) is 7.47. The number of halogens is 2. The molecule has 1 aliphatic rings. The molecule has 8 heteroatoms. The Bertz CT molecular complexity index is 1210. The molecular weight excluding hydrogens is 442 g/mol. The zero-order valence-electron chi connectivity index (χ0n) is 18.6. The normalized spacial score (nSPS) is 18.1. The van der Waals surface area contributed by atoms with Gasteiger partial charge in [0.05, 0.1) is 12.3 Å². The summed E-state index contributed by atoms with van der Waals surface area (Å²) in [4.78, 5) is 23.5. The smallest absolute Gasteiger partial charge is 0.329 e. The Morgan fingerprint density at radius 2 is 1.71 bits per heavy atom. The van der Waals surface area contributed by atoms with Crippen LogP contribution >= 0.6 is 0 Å². The van der Waals surface area contributed by atoms with Crippen molar-refractivity contribution in [3.8, 4) is 22.4 Å². The highest BCUT2D eigenvalue weighted by Gasteiger charge is 2.24. The lowest BCUT2D eigenvalue weighted by molar-refractivity contribution is -0.142. The second-order valence-corrected chi connectivity index (χ2v) is 8.69. The highest BCUT2D eigenvalue weighted by atomic mass is 19.2. The minimum Gasteiger partial charge on any atom is -0.480 e. The Hall–Kier alpha value is -3.39. The minimum absolute atomic E-state index is 0.00234.